The Labute approximate surface area is 115 Å². The van der Waals surface area contributed by atoms with E-state index in [2.05, 4.69) is 0 Å². The van der Waals surface area contributed by atoms with Crippen LogP contribution in [0.25, 0.3) is 0 Å². The number of carbonyl (C=O) groups is 1. The van der Waals surface area contributed by atoms with Gasteiger partial charge in [-0.3, -0.25) is 0 Å². The Morgan fingerprint density at radius 1 is 1.15 bits per heavy atom. The number of benzene rings is 2. The highest BCUT2D eigenvalue weighted by molar-refractivity contribution is 5.90. The summed E-state index contributed by atoms with van der Waals surface area (Å²) < 4.78 is 31.0. The molecule has 0 aliphatic heterocycles. The van der Waals surface area contributed by atoms with Gasteiger partial charge in [0.2, 0.25) is 0 Å². The van der Waals surface area contributed by atoms with Crippen LogP contribution in [0.4, 0.5) is 14.5 Å². The third-order valence-electron chi connectivity index (χ3n) is 2.80. The first kappa shape index (κ1) is 14.0. The number of ether oxygens (including phenoxy) is 1. The van der Waals surface area contributed by atoms with Gasteiger partial charge in [0.1, 0.15) is 18.2 Å². The fourth-order valence-corrected chi connectivity index (χ4v) is 1.73. The van der Waals surface area contributed by atoms with Crippen LogP contribution in [0, 0.1) is 18.6 Å². The van der Waals surface area contributed by atoms with Gasteiger partial charge in [-0.05, 0) is 48.4 Å². The molecule has 0 saturated heterocycles. The van der Waals surface area contributed by atoms with E-state index in [9.17, 15) is 13.6 Å². The molecule has 0 heterocycles. The number of nitrogens with two attached hydrogens (primary N) is 1. The van der Waals surface area contributed by atoms with Crippen molar-refractivity contribution >= 4 is 11.7 Å². The number of aryl methyl sites for hydroxylation is 1. The highest BCUT2D eigenvalue weighted by Crippen LogP contribution is 2.15. The maximum Gasteiger partial charge on any atom is 0.338 e. The molecule has 0 bridgehead atoms. The number of carbonyl (C=O) groups excluding carboxylic acids is 1. The molecule has 0 saturated carbocycles. The van der Waals surface area contributed by atoms with E-state index in [0.717, 1.165) is 23.8 Å². The number of hydrogen-bond acceptors (Lipinski definition) is 3. The molecule has 2 aromatic rings. The van der Waals surface area contributed by atoms with Gasteiger partial charge in [-0.15, -0.1) is 0 Å². The zero-order chi connectivity index (χ0) is 14.7. The largest absolute Gasteiger partial charge is 0.457 e. The van der Waals surface area contributed by atoms with E-state index < -0.39 is 17.6 Å². The predicted molar refractivity (Wildman–Crippen MR) is 71.1 cm³/mol. The standard InChI is InChI=1S/C15H13F2NO2/c1-9-4-11(2-3-14(9)18)15(19)20-8-10-5-12(16)7-13(17)6-10/h2-7H,8,18H2,1H3. The van der Waals surface area contributed by atoms with Crippen molar-refractivity contribution in [2.45, 2.75) is 13.5 Å². The van der Waals surface area contributed by atoms with E-state index in [4.69, 9.17) is 10.5 Å². The summed E-state index contributed by atoms with van der Waals surface area (Å²) in [5.41, 5.74) is 7.58. The first-order valence-electron chi connectivity index (χ1n) is 5.94. The smallest absolute Gasteiger partial charge is 0.338 e. The fourth-order valence-electron chi connectivity index (χ4n) is 1.73. The summed E-state index contributed by atoms with van der Waals surface area (Å²) >= 11 is 0. The molecule has 0 aliphatic rings. The van der Waals surface area contributed by atoms with Gasteiger partial charge in [0.25, 0.3) is 0 Å². The molecule has 0 atom stereocenters. The first-order valence-corrected chi connectivity index (χ1v) is 5.94. The molecule has 0 amide bonds. The Hall–Kier alpha value is -2.43. The normalized spacial score (nSPS) is 10.3. The van der Waals surface area contributed by atoms with Crippen LogP contribution >= 0.6 is 0 Å². The van der Waals surface area contributed by atoms with Gasteiger partial charge >= 0.3 is 5.97 Å². The van der Waals surface area contributed by atoms with Gasteiger partial charge in [-0.25, -0.2) is 13.6 Å². The minimum atomic E-state index is -0.709. The molecule has 2 aromatic carbocycles. The third kappa shape index (κ3) is 3.32. The molecular formula is C15H13F2NO2. The summed E-state index contributed by atoms with van der Waals surface area (Å²) in [5.74, 6) is -1.99. The molecule has 0 fully saturated rings. The number of nitrogen functional groups attached to an aromatic ring is 1. The molecule has 0 aromatic heterocycles. The van der Waals surface area contributed by atoms with Gasteiger partial charge in [0, 0.05) is 11.8 Å². The van der Waals surface area contributed by atoms with E-state index in [1.54, 1.807) is 19.1 Å². The van der Waals surface area contributed by atoms with E-state index in [1.165, 1.54) is 6.07 Å². The highest BCUT2D eigenvalue weighted by Gasteiger charge is 2.09. The first-order chi connectivity index (χ1) is 9.45. The van der Waals surface area contributed by atoms with Crippen LogP contribution < -0.4 is 5.73 Å². The SMILES string of the molecule is Cc1cc(C(=O)OCc2cc(F)cc(F)c2)ccc1N. The molecule has 0 radical (unpaired) electrons. The van der Waals surface area contributed by atoms with Crippen LogP contribution in [-0.2, 0) is 11.3 Å². The molecule has 104 valence electrons. The summed E-state index contributed by atoms with van der Waals surface area (Å²) in [7, 11) is 0. The van der Waals surface area contributed by atoms with Crippen molar-refractivity contribution in [1.82, 2.24) is 0 Å². The van der Waals surface area contributed by atoms with Crippen molar-refractivity contribution < 1.29 is 18.3 Å². The minimum absolute atomic E-state index is 0.197. The predicted octanol–water partition coefficient (Wildman–Crippen LogP) is 3.21. The average Bonchev–Trinajstić information content (AvgIpc) is 2.38. The van der Waals surface area contributed by atoms with Gasteiger partial charge < -0.3 is 10.5 Å². The van der Waals surface area contributed by atoms with Gasteiger partial charge in [0.05, 0.1) is 5.56 Å². The van der Waals surface area contributed by atoms with Crippen molar-refractivity contribution in [2.24, 2.45) is 0 Å². The average molecular weight is 277 g/mol. The van der Waals surface area contributed by atoms with Crippen molar-refractivity contribution in [1.29, 1.82) is 0 Å². The second-order valence-corrected chi connectivity index (χ2v) is 4.43. The Bertz CT molecular complexity index is 636. The Morgan fingerprint density at radius 2 is 1.80 bits per heavy atom. The summed E-state index contributed by atoms with van der Waals surface area (Å²) in [6.45, 7) is 1.57. The van der Waals surface area contributed by atoms with Crippen LogP contribution in [0.3, 0.4) is 0 Å². The maximum absolute atomic E-state index is 13.0. The summed E-state index contributed by atoms with van der Waals surface area (Å²) in [6.07, 6.45) is 0. The summed E-state index contributed by atoms with van der Waals surface area (Å²) in [4.78, 5) is 11.8. The zero-order valence-corrected chi connectivity index (χ0v) is 10.8. The van der Waals surface area contributed by atoms with Crippen LogP contribution in [0.5, 0.6) is 0 Å². The van der Waals surface area contributed by atoms with Crippen molar-refractivity contribution in [2.75, 3.05) is 5.73 Å². The number of anilines is 1. The van der Waals surface area contributed by atoms with E-state index in [-0.39, 0.29) is 12.2 Å². The third-order valence-corrected chi connectivity index (χ3v) is 2.80. The lowest BCUT2D eigenvalue weighted by molar-refractivity contribution is 0.0472. The van der Waals surface area contributed by atoms with Gasteiger partial charge in [0.15, 0.2) is 0 Å². The second kappa shape index (κ2) is 5.69. The molecule has 2 N–H and O–H groups in total. The van der Waals surface area contributed by atoms with E-state index in [1.807, 2.05) is 0 Å². The number of halogens is 2. The van der Waals surface area contributed by atoms with Crippen LogP contribution in [0.2, 0.25) is 0 Å². The van der Waals surface area contributed by atoms with Crippen LogP contribution in [0.1, 0.15) is 21.5 Å². The summed E-state index contributed by atoms with van der Waals surface area (Å²) in [5, 5.41) is 0. The monoisotopic (exact) mass is 277 g/mol. The van der Waals surface area contributed by atoms with Crippen molar-refractivity contribution in [3.63, 3.8) is 0 Å². The maximum atomic E-state index is 13.0. The second-order valence-electron chi connectivity index (χ2n) is 4.43. The lowest BCUT2D eigenvalue weighted by atomic mass is 10.1. The molecule has 3 nitrogen and oxygen atoms in total. The highest BCUT2D eigenvalue weighted by atomic mass is 19.1. The van der Waals surface area contributed by atoms with E-state index in [0.29, 0.717) is 11.3 Å². The lowest BCUT2D eigenvalue weighted by Gasteiger charge is -2.07. The fraction of sp³-hybridized carbons (Fsp3) is 0.133. The van der Waals surface area contributed by atoms with Crippen molar-refractivity contribution in [3.8, 4) is 0 Å². The molecule has 0 unspecified atom stereocenters. The van der Waals surface area contributed by atoms with Crippen LogP contribution in [-0.4, -0.2) is 5.97 Å². The number of hydrogen-bond donors (Lipinski definition) is 1. The van der Waals surface area contributed by atoms with Crippen LogP contribution in [0.15, 0.2) is 36.4 Å². The summed E-state index contributed by atoms with van der Waals surface area (Å²) in [6, 6.07) is 7.73. The molecular weight excluding hydrogens is 264 g/mol. The number of rotatable bonds is 3. The Kier molecular flexibility index (Phi) is 3.98. The van der Waals surface area contributed by atoms with E-state index >= 15 is 0 Å². The zero-order valence-electron chi connectivity index (χ0n) is 10.8. The van der Waals surface area contributed by atoms with Gasteiger partial charge in [-0.1, -0.05) is 0 Å². The minimum Gasteiger partial charge on any atom is -0.457 e. The molecule has 0 aliphatic carbocycles. The number of esters is 1. The lowest BCUT2D eigenvalue weighted by Crippen LogP contribution is -2.06. The topological polar surface area (TPSA) is 52.3 Å². The molecule has 5 heteroatoms. The molecule has 20 heavy (non-hydrogen) atoms. The Morgan fingerprint density at radius 3 is 2.40 bits per heavy atom. The molecule has 0 spiro atoms. The molecule has 2 rings (SSSR count). The van der Waals surface area contributed by atoms with Crippen molar-refractivity contribution in [3.05, 3.63) is 64.7 Å². The Balaban J connectivity index is 2.06. The van der Waals surface area contributed by atoms with Gasteiger partial charge in [-0.2, -0.15) is 0 Å². The quantitative estimate of drug-likeness (QED) is 0.692.